The number of nitrogens with one attached hydrogen (secondary N) is 2. The Bertz CT molecular complexity index is 867. The van der Waals surface area contributed by atoms with Gasteiger partial charge in [0.2, 0.25) is 0 Å². The van der Waals surface area contributed by atoms with Gasteiger partial charge in [-0.2, -0.15) is 0 Å². The second kappa shape index (κ2) is 10.3. The molecule has 160 valence electrons. The lowest BCUT2D eigenvalue weighted by Gasteiger charge is -2.30. The van der Waals surface area contributed by atoms with Crippen molar-refractivity contribution >= 4 is 17.5 Å². The zero-order valence-electron chi connectivity index (χ0n) is 18.1. The van der Waals surface area contributed by atoms with Crippen molar-refractivity contribution in [3.8, 4) is 0 Å². The summed E-state index contributed by atoms with van der Waals surface area (Å²) in [6.07, 6.45) is 2.92. The van der Waals surface area contributed by atoms with Crippen LogP contribution in [0.1, 0.15) is 29.2 Å². The molecule has 2 N–H and O–H groups in total. The van der Waals surface area contributed by atoms with Crippen LogP contribution in [0.15, 0.2) is 48.5 Å². The van der Waals surface area contributed by atoms with Gasteiger partial charge >= 0.3 is 11.8 Å². The van der Waals surface area contributed by atoms with Crippen LogP contribution in [0.4, 0.5) is 5.69 Å². The number of hydrogen-bond donors (Lipinski definition) is 2. The van der Waals surface area contributed by atoms with Gasteiger partial charge in [0.25, 0.3) is 0 Å². The summed E-state index contributed by atoms with van der Waals surface area (Å²) in [5, 5.41) is 5.50. The number of carbonyl (C=O) groups is 2. The second-order valence-corrected chi connectivity index (χ2v) is 8.09. The van der Waals surface area contributed by atoms with Crippen LogP contribution in [-0.4, -0.2) is 57.5 Å². The summed E-state index contributed by atoms with van der Waals surface area (Å²) < 4.78 is 0. The van der Waals surface area contributed by atoms with Crippen molar-refractivity contribution in [2.24, 2.45) is 0 Å². The van der Waals surface area contributed by atoms with E-state index in [-0.39, 0.29) is 6.04 Å². The smallest absolute Gasteiger partial charge is 0.309 e. The van der Waals surface area contributed by atoms with Crippen molar-refractivity contribution in [3.05, 3.63) is 65.2 Å². The molecule has 1 aliphatic rings. The molecule has 1 aliphatic heterocycles. The molecule has 1 atom stereocenters. The average molecular weight is 409 g/mol. The zero-order valence-corrected chi connectivity index (χ0v) is 18.1. The molecule has 1 heterocycles. The normalized spacial score (nSPS) is 14.2. The van der Waals surface area contributed by atoms with Crippen LogP contribution in [0.25, 0.3) is 0 Å². The Kier molecular flexibility index (Phi) is 7.46. The van der Waals surface area contributed by atoms with E-state index < -0.39 is 11.8 Å². The molecule has 6 nitrogen and oxygen atoms in total. The van der Waals surface area contributed by atoms with Gasteiger partial charge in [0.05, 0.1) is 6.04 Å². The predicted molar refractivity (Wildman–Crippen MR) is 121 cm³/mol. The molecule has 6 heteroatoms. The molecule has 0 fully saturated rings. The predicted octanol–water partition coefficient (Wildman–Crippen LogP) is 2.15. The van der Waals surface area contributed by atoms with E-state index in [1.165, 1.54) is 11.3 Å². The number of benzene rings is 2. The number of hydrogen-bond acceptors (Lipinski definition) is 4. The maximum Gasteiger partial charge on any atom is 0.309 e. The second-order valence-electron chi connectivity index (χ2n) is 8.09. The van der Waals surface area contributed by atoms with Gasteiger partial charge in [0, 0.05) is 32.4 Å². The van der Waals surface area contributed by atoms with Crippen molar-refractivity contribution in [1.29, 1.82) is 0 Å². The molecule has 2 amide bonds. The minimum atomic E-state index is -0.590. The van der Waals surface area contributed by atoms with Gasteiger partial charge < -0.3 is 20.4 Å². The average Bonchev–Trinajstić information content (AvgIpc) is 2.74. The Balaban J connectivity index is 1.54. The number of amides is 2. The van der Waals surface area contributed by atoms with E-state index in [0.29, 0.717) is 19.5 Å². The van der Waals surface area contributed by atoms with Crippen molar-refractivity contribution in [2.75, 3.05) is 45.7 Å². The first-order valence-electron chi connectivity index (χ1n) is 10.6. The maximum atomic E-state index is 12.3. The van der Waals surface area contributed by atoms with Crippen LogP contribution in [0, 0.1) is 0 Å². The topological polar surface area (TPSA) is 64.7 Å². The fourth-order valence-electron chi connectivity index (χ4n) is 3.93. The number of rotatable bonds is 7. The maximum absolute atomic E-state index is 12.3. The fourth-order valence-corrected chi connectivity index (χ4v) is 3.93. The molecule has 0 saturated heterocycles. The summed E-state index contributed by atoms with van der Waals surface area (Å²) in [5.41, 5.74) is 4.91. The highest BCUT2D eigenvalue weighted by molar-refractivity contribution is 6.35. The Morgan fingerprint density at radius 1 is 1.07 bits per heavy atom. The number of anilines is 1. The number of nitrogens with zero attached hydrogens (tertiary/aromatic N) is 2. The lowest BCUT2D eigenvalue weighted by atomic mass is 9.96. The van der Waals surface area contributed by atoms with Crippen molar-refractivity contribution in [3.63, 3.8) is 0 Å². The molecule has 30 heavy (non-hydrogen) atoms. The first kappa shape index (κ1) is 21.8. The number of carbonyl (C=O) groups excluding carboxylic acids is 2. The molecule has 2 aromatic rings. The SMILES string of the molecule is CN1CCCc2cc(C(CNC(=O)C(=O)NCCc3ccccc3)N(C)C)ccc21. The molecule has 0 radical (unpaired) electrons. The highest BCUT2D eigenvalue weighted by Gasteiger charge is 2.21. The van der Waals surface area contributed by atoms with E-state index in [9.17, 15) is 9.59 Å². The standard InChI is InChI=1S/C24H32N4O2/c1-27(2)22(20-11-12-21-19(16-20)10-7-15-28(21)3)17-26-24(30)23(29)25-14-13-18-8-5-4-6-9-18/h4-6,8-9,11-12,16,22H,7,10,13-15,17H2,1-3H3,(H,25,29)(H,26,30). The Morgan fingerprint density at radius 3 is 2.53 bits per heavy atom. The minimum absolute atomic E-state index is 0.00333. The van der Waals surface area contributed by atoms with Gasteiger partial charge in [-0.1, -0.05) is 42.5 Å². The lowest BCUT2D eigenvalue weighted by Crippen LogP contribution is -2.43. The number of fused-ring (bicyclic) bond motifs is 1. The quantitative estimate of drug-likeness (QED) is 0.689. The molecule has 1 unspecified atom stereocenters. The largest absolute Gasteiger partial charge is 0.374 e. The molecule has 0 saturated carbocycles. The monoisotopic (exact) mass is 408 g/mol. The summed E-state index contributed by atoms with van der Waals surface area (Å²) in [4.78, 5) is 28.8. The van der Waals surface area contributed by atoms with E-state index in [4.69, 9.17) is 0 Å². The Hall–Kier alpha value is -2.86. The van der Waals surface area contributed by atoms with Crippen molar-refractivity contribution in [2.45, 2.75) is 25.3 Å². The third-order valence-electron chi connectivity index (χ3n) is 5.67. The van der Waals surface area contributed by atoms with Gasteiger partial charge in [0.1, 0.15) is 0 Å². The lowest BCUT2D eigenvalue weighted by molar-refractivity contribution is -0.139. The molecule has 0 aromatic heterocycles. The molecule has 2 aromatic carbocycles. The summed E-state index contributed by atoms with van der Waals surface area (Å²) in [6.45, 7) is 1.90. The van der Waals surface area contributed by atoms with Crippen LogP contribution in [0.2, 0.25) is 0 Å². The van der Waals surface area contributed by atoms with Crippen LogP contribution in [0.5, 0.6) is 0 Å². The third kappa shape index (κ3) is 5.60. The highest BCUT2D eigenvalue weighted by Crippen LogP contribution is 2.29. The molecular formula is C24H32N4O2. The zero-order chi connectivity index (χ0) is 21.5. The summed E-state index contributed by atoms with van der Waals surface area (Å²) >= 11 is 0. The van der Waals surface area contributed by atoms with Crippen molar-refractivity contribution in [1.82, 2.24) is 15.5 Å². The van der Waals surface area contributed by atoms with E-state index in [2.05, 4.69) is 45.7 Å². The molecular weight excluding hydrogens is 376 g/mol. The molecule has 0 bridgehead atoms. The van der Waals surface area contributed by atoms with Crippen LogP contribution in [-0.2, 0) is 22.4 Å². The Morgan fingerprint density at radius 2 is 1.80 bits per heavy atom. The van der Waals surface area contributed by atoms with Crippen LogP contribution in [0.3, 0.4) is 0 Å². The first-order valence-corrected chi connectivity index (χ1v) is 10.6. The molecule has 0 spiro atoms. The number of likely N-dealkylation sites (N-methyl/N-ethyl adjacent to an activating group) is 1. The minimum Gasteiger partial charge on any atom is -0.374 e. The molecule has 0 aliphatic carbocycles. The van der Waals surface area contributed by atoms with Crippen LogP contribution >= 0.6 is 0 Å². The first-order chi connectivity index (χ1) is 14.5. The van der Waals surface area contributed by atoms with E-state index in [1.807, 2.05) is 44.4 Å². The number of aryl methyl sites for hydroxylation is 1. The van der Waals surface area contributed by atoms with Crippen molar-refractivity contribution < 1.29 is 9.59 Å². The van der Waals surface area contributed by atoms with Gasteiger partial charge in [0.15, 0.2) is 0 Å². The summed E-state index contributed by atoms with van der Waals surface area (Å²) in [7, 11) is 6.10. The van der Waals surface area contributed by atoms with E-state index in [0.717, 1.165) is 30.5 Å². The van der Waals surface area contributed by atoms with Gasteiger partial charge in [-0.05, 0) is 56.1 Å². The highest BCUT2D eigenvalue weighted by atomic mass is 16.2. The van der Waals surface area contributed by atoms with E-state index in [1.54, 1.807) is 0 Å². The molecule has 3 rings (SSSR count). The van der Waals surface area contributed by atoms with Gasteiger partial charge in [-0.3, -0.25) is 9.59 Å². The summed E-state index contributed by atoms with van der Waals surface area (Å²) in [6, 6.07) is 16.4. The van der Waals surface area contributed by atoms with E-state index >= 15 is 0 Å². The third-order valence-corrected chi connectivity index (χ3v) is 5.67. The van der Waals surface area contributed by atoms with Gasteiger partial charge in [-0.25, -0.2) is 0 Å². The van der Waals surface area contributed by atoms with Gasteiger partial charge in [-0.15, -0.1) is 0 Å². The van der Waals surface area contributed by atoms with Crippen LogP contribution < -0.4 is 15.5 Å². The fraction of sp³-hybridized carbons (Fsp3) is 0.417. The Labute approximate surface area is 179 Å². The summed E-state index contributed by atoms with van der Waals surface area (Å²) in [5.74, 6) is -1.18.